The molecule has 0 aromatic carbocycles. The Balaban J connectivity index is 2.81. The predicted molar refractivity (Wildman–Crippen MR) is 46.6 cm³/mol. The molecule has 3 heteroatoms. The third-order valence-electron chi connectivity index (χ3n) is 2.46. The third-order valence-corrected chi connectivity index (χ3v) is 2.46. The molecule has 1 N–H and O–H groups in total. The van der Waals surface area contributed by atoms with Crippen LogP contribution < -0.4 is 0 Å². The van der Waals surface area contributed by atoms with Crippen molar-refractivity contribution in [2.75, 3.05) is 6.54 Å². The lowest BCUT2D eigenvalue weighted by atomic mass is 9.90. The molecule has 0 radical (unpaired) electrons. The van der Waals surface area contributed by atoms with Crippen LogP contribution in [0.3, 0.4) is 0 Å². The summed E-state index contributed by atoms with van der Waals surface area (Å²) >= 11 is 0. The zero-order valence-corrected chi connectivity index (χ0v) is 8.16. The van der Waals surface area contributed by atoms with Crippen molar-refractivity contribution in [3.63, 3.8) is 0 Å². The van der Waals surface area contributed by atoms with Gasteiger partial charge in [-0.15, -0.1) is 0 Å². The first-order valence-electron chi connectivity index (χ1n) is 4.35. The van der Waals surface area contributed by atoms with Crippen molar-refractivity contribution in [1.29, 1.82) is 0 Å². The predicted octanol–water partition coefficient (Wildman–Crippen LogP) is 0.624. The van der Waals surface area contributed by atoms with E-state index in [1.54, 1.807) is 4.90 Å². The fourth-order valence-corrected chi connectivity index (χ4v) is 1.53. The summed E-state index contributed by atoms with van der Waals surface area (Å²) in [6, 6.07) is 0.189. The summed E-state index contributed by atoms with van der Waals surface area (Å²) in [4.78, 5) is 13.2. The average Bonchev–Trinajstić information content (AvgIpc) is 2.14. The Morgan fingerprint density at radius 2 is 2.08 bits per heavy atom. The Kier molecular flexibility index (Phi) is 2.17. The molecule has 1 fully saturated rings. The van der Waals surface area contributed by atoms with E-state index in [1.807, 2.05) is 27.7 Å². The molecule has 3 nitrogen and oxygen atoms in total. The van der Waals surface area contributed by atoms with E-state index in [9.17, 15) is 9.90 Å². The van der Waals surface area contributed by atoms with Crippen molar-refractivity contribution >= 4 is 5.91 Å². The van der Waals surface area contributed by atoms with Gasteiger partial charge in [0.05, 0.1) is 0 Å². The van der Waals surface area contributed by atoms with Crippen LogP contribution in [0.1, 0.15) is 27.7 Å². The Hall–Kier alpha value is -0.570. The van der Waals surface area contributed by atoms with Gasteiger partial charge in [0.2, 0.25) is 0 Å². The molecule has 0 aliphatic carbocycles. The van der Waals surface area contributed by atoms with Crippen molar-refractivity contribution in [1.82, 2.24) is 4.90 Å². The van der Waals surface area contributed by atoms with Gasteiger partial charge in [-0.1, -0.05) is 13.8 Å². The highest BCUT2D eigenvalue weighted by atomic mass is 16.3. The van der Waals surface area contributed by atoms with Crippen LogP contribution in [0.2, 0.25) is 0 Å². The number of hydrogen-bond acceptors (Lipinski definition) is 2. The van der Waals surface area contributed by atoms with Crippen molar-refractivity contribution < 1.29 is 9.90 Å². The van der Waals surface area contributed by atoms with Gasteiger partial charge in [-0.3, -0.25) is 4.79 Å². The summed E-state index contributed by atoms with van der Waals surface area (Å²) in [6.45, 7) is 8.42. The molecule has 0 saturated carbocycles. The monoisotopic (exact) mass is 171 g/mol. The molecule has 1 aliphatic rings. The number of carbonyl (C=O) groups excluding carboxylic acids is 1. The van der Waals surface area contributed by atoms with Crippen LogP contribution in [0.5, 0.6) is 0 Å². The largest absolute Gasteiger partial charge is 0.383 e. The molecule has 0 spiro atoms. The summed E-state index contributed by atoms with van der Waals surface area (Å²) in [6.07, 6.45) is -0.820. The first-order chi connectivity index (χ1) is 5.36. The fourth-order valence-electron chi connectivity index (χ4n) is 1.53. The second-order valence-electron chi connectivity index (χ2n) is 4.45. The van der Waals surface area contributed by atoms with Crippen molar-refractivity contribution in [2.24, 2.45) is 5.41 Å². The van der Waals surface area contributed by atoms with Gasteiger partial charge in [-0.2, -0.15) is 0 Å². The van der Waals surface area contributed by atoms with Crippen LogP contribution in [0.4, 0.5) is 0 Å². The summed E-state index contributed by atoms with van der Waals surface area (Å²) in [5.41, 5.74) is -0.290. The Bertz CT molecular complexity index is 199. The Labute approximate surface area is 73.4 Å². The van der Waals surface area contributed by atoms with Crippen molar-refractivity contribution in [2.45, 2.75) is 39.8 Å². The molecular weight excluding hydrogens is 154 g/mol. The molecule has 1 unspecified atom stereocenters. The zero-order valence-electron chi connectivity index (χ0n) is 8.16. The molecule has 1 amide bonds. The molecule has 70 valence electrons. The van der Waals surface area contributed by atoms with Crippen molar-refractivity contribution in [3.8, 4) is 0 Å². The lowest BCUT2D eigenvalue weighted by Crippen LogP contribution is -2.34. The quantitative estimate of drug-likeness (QED) is 0.628. The fraction of sp³-hybridized carbons (Fsp3) is 0.889. The lowest BCUT2D eigenvalue weighted by molar-refractivity contribution is -0.137. The van der Waals surface area contributed by atoms with Gasteiger partial charge in [0, 0.05) is 18.0 Å². The topological polar surface area (TPSA) is 40.5 Å². The van der Waals surface area contributed by atoms with Gasteiger partial charge in [0.15, 0.2) is 0 Å². The van der Waals surface area contributed by atoms with Crippen LogP contribution in [0.15, 0.2) is 0 Å². The van der Waals surface area contributed by atoms with E-state index in [4.69, 9.17) is 0 Å². The summed E-state index contributed by atoms with van der Waals surface area (Å²) in [7, 11) is 0. The minimum atomic E-state index is -0.820. The van der Waals surface area contributed by atoms with Gasteiger partial charge in [0.1, 0.15) is 6.10 Å². The normalized spacial score (nSPS) is 28.7. The third kappa shape index (κ3) is 1.33. The summed E-state index contributed by atoms with van der Waals surface area (Å²) < 4.78 is 0. The highest BCUT2D eigenvalue weighted by molar-refractivity contribution is 5.84. The first-order valence-corrected chi connectivity index (χ1v) is 4.35. The van der Waals surface area contributed by atoms with E-state index in [0.29, 0.717) is 6.54 Å². The summed E-state index contributed by atoms with van der Waals surface area (Å²) in [5, 5.41) is 9.55. The first kappa shape index (κ1) is 9.52. The Morgan fingerprint density at radius 3 is 2.25 bits per heavy atom. The van der Waals surface area contributed by atoms with Crippen LogP contribution in [-0.2, 0) is 4.79 Å². The van der Waals surface area contributed by atoms with Gasteiger partial charge in [-0.25, -0.2) is 0 Å². The van der Waals surface area contributed by atoms with Crippen LogP contribution >= 0.6 is 0 Å². The van der Waals surface area contributed by atoms with E-state index in [0.717, 1.165) is 0 Å². The molecular formula is C9H17NO2. The SMILES string of the molecule is CC(C)N1CC(C)(C)C(O)C1=O. The standard InChI is InChI=1S/C9H17NO2/c1-6(2)10-5-9(3,4)7(11)8(10)12/h6-7,11H,5H2,1-4H3. The molecule has 0 aromatic rings. The molecule has 1 saturated heterocycles. The highest BCUT2D eigenvalue weighted by Crippen LogP contribution is 2.31. The molecule has 12 heavy (non-hydrogen) atoms. The second-order valence-corrected chi connectivity index (χ2v) is 4.45. The number of rotatable bonds is 1. The van der Waals surface area contributed by atoms with Crippen LogP contribution in [0.25, 0.3) is 0 Å². The molecule has 1 heterocycles. The van der Waals surface area contributed by atoms with E-state index in [-0.39, 0.29) is 17.4 Å². The second kappa shape index (κ2) is 2.73. The smallest absolute Gasteiger partial charge is 0.252 e. The number of likely N-dealkylation sites (tertiary alicyclic amines) is 1. The van der Waals surface area contributed by atoms with Gasteiger partial charge in [0.25, 0.3) is 5.91 Å². The van der Waals surface area contributed by atoms with E-state index < -0.39 is 6.10 Å². The molecule has 0 aromatic heterocycles. The number of hydrogen-bond donors (Lipinski definition) is 1. The van der Waals surface area contributed by atoms with E-state index >= 15 is 0 Å². The zero-order chi connectivity index (χ0) is 9.52. The maximum atomic E-state index is 11.4. The Morgan fingerprint density at radius 1 is 1.58 bits per heavy atom. The molecule has 0 bridgehead atoms. The van der Waals surface area contributed by atoms with E-state index in [1.165, 1.54) is 0 Å². The number of amides is 1. The lowest BCUT2D eigenvalue weighted by Gasteiger charge is -2.22. The molecule has 1 rings (SSSR count). The van der Waals surface area contributed by atoms with E-state index in [2.05, 4.69) is 0 Å². The molecule has 1 aliphatic heterocycles. The van der Waals surface area contributed by atoms with Crippen LogP contribution in [0, 0.1) is 5.41 Å². The maximum Gasteiger partial charge on any atom is 0.252 e. The van der Waals surface area contributed by atoms with Crippen LogP contribution in [-0.4, -0.2) is 34.6 Å². The van der Waals surface area contributed by atoms with Gasteiger partial charge in [-0.05, 0) is 13.8 Å². The highest BCUT2D eigenvalue weighted by Gasteiger charge is 2.45. The van der Waals surface area contributed by atoms with Gasteiger partial charge >= 0.3 is 0 Å². The summed E-state index contributed by atoms with van der Waals surface area (Å²) in [5.74, 6) is -0.130. The number of aliphatic hydroxyl groups is 1. The number of aliphatic hydroxyl groups excluding tert-OH is 1. The maximum absolute atomic E-state index is 11.4. The minimum Gasteiger partial charge on any atom is -0.383 e. The van der Waals surface area contributed by atoms with Crippen molar-refractivity contribution in [3.05, 3.63) is 0 Å². The minimum absolute atomic E-state index is 0.130. The molecule has 1 atom stereocenters. The average molecular weight is 171 g/mol. The van der Waals surface area contributed by atoms with Gasteiger partial charge < -0.3 is 10.0 Å². The number of carbonyl (C=O) groups is 1. The number of nitrogens with zero attached hydrogens (tertiary/aromatic N) is 1.